The van der Waals surface area contributed by atoms with Gasteiger partial charge in [0, 0.05) is 85.4 Å². The number of amides is 11. The zero-order chi connectivity index (χ0) is 67.7. The van der Waals surface area contributed by atoms with Gasteiger partial charge in [0.05, 0.1) is 61.4 Å². The molecule has 0 spiro atoms. The summed E-state index contributed by atoms with van der Waals surface area (Å²) in [5.74, 6) is -7.64. The van der Waals surface area contributed by atoms with E-state index in [-0.39, 0.29) is 86.6 Å². The van der Waals surface area contributed by atoms with Gasteiger partial charge in [-0.3, -0.25) is 52.8 Å². The number of nitrogens with zero attached hydrogens (tertiary/aromatic N) is 5. The van der Waals surface area contributed by atoms with Crippen LogP contribution in [-0.4, -0.2) is 217 Å². The van der Waals surface area contributed by atoms with Crippen molar-refractivity contribution < 1.29 is 67.3 Å². The van der Waals surface area contributed by atoms with Crippen LogP contribution < -0.4 is 32.3 Å². The highest BCUT2D eigenvalue weighted by Gasteiger charge is 2.44. The average Bonchev–Trinajstić information content (AvgIpc) is 1.56. The minimum absolute atomic E-state index is 0.0524. The summed E-state index contributed by atoms with van der Waals surface area (Å²) < 4.78 is 12.0. The molecule has 25 heteroatoms. The maximum absolute atomic E-state index is 14.9. The Kier molecular flexibility index (Phi) is 32.8. The van der Waals surface area contributed by atoms with Crippen LogP contribution in [0.15, 0.2) is 42.5 Å². The van der Waals surface area contributed by atoms with Crippen LogP contribution in [0.25, 0.3) is 0 Å². The zero-order valence-corrected chi connectivity index (χ0v) is 56.1. The third kappa shape index (κ3) is 22.8. The molecular formula is C65H107N11O14. The van der Waals surface area contributed by atoms with Crippen molar-refractivity contribution >= 4 is 65.0 Å². The molecule has 90 heavy (non-hydrogen) atoms. The number of nitrogens with one attached hydrogen (secondary N) is 5. The number of aliphatic hydroxyl groups is 1. The van der Waals surface area contributed by atoms with Gasteiger partial charge in [-0.1, -0.05) is 106 Å². The summed E-state index contributed by atoms with van der Waals surface area (Å²) in [6.07, 6.45) is 2.40. The molecule has 0 aliphatic carbocycles. The lowest BCUT2D eigenvalue weighted by atomic mass is 9.89. The van der Waals surface area contributed by atoms with E-state index in [0.717, 1.165) is 4.90 Å². The Morgan fingerprint density at radius 3 is 1.93 bits per heavy atom. The molecule has 2 aliphatic heterocycles. The van der Waals surface area contributed by atoms with Gasteiger partial charge in [-0.25, -0.2) is 4.79 Å². The number of ketones is 1. The smallest absolute Gasteiger partial charge is 0.312 e. The number of aliphatic hydroxyl groups excluding tert-OH is 1. The number of likely N-dealkylation sites (N-methyl/N-ethyl adjacent to an activating group) is 2. The molecule has 0 radical (unpaired) electrons. The van der Waals surface area contributed by atoms with E-state index in [4.69, 9.17) is 15.2 Å². The Balaban J connectivity index is 1.72. The summed E-state index contributed by atoms with van der Waals surface area (Å²) in [5, 5.41) is 24.8. The van der Waals surface area contributed by atoms with E-state index in [9.17, 15) is 57.8 Å². The van der Waals surface area contributed by atoms with Crippen LogP contribution in [0.2, 0.25) is 0 Å². The molecule has 0 bridgehead atoms. The Morgan fingerprint density at radius 2 is 1.38 bits per heavy atom. The molecular weight excluding hydrogens is 1160 g/mol. The molecule has 3 rings (SSSR count). The molecule has 1 aromatic carbocycles. The van der Waals surface area contributed by atoms with E-state index in [1.54, 1.807) is 79.5 Å². The third-order valence-electron chi connectivity index (χ3n) is 17.6. The number of benzene rings is 1. The summed E-state index contributed by atoms with van der Waals surface area (Å²) >= 11 is 0. The van der Waals surface area contributed by atoms with Crippen LogP contribution in [0.1, 0.15) is 146 Å². The van der Waals surface area contributed by atoms with Crippen LogP contribution in [0.4, 0.5) is 4.79 Å². The number of urea groups is 1. The van der Waals surface area contributed by atoms with Crippen molar-refractivity contribution in [3.8, 4) is 0 Å². The highest BCUT2D eigenvalue weighted by atomic mass is 16.5. The Labute approximate surface area is 533 Å². The highest BCUT2D eigenvalue weighted by Crippen LogP contribution is 2.30. The molecule has 1 unspecified atom stereocenters. The van der Waals surface area contributed by atoms with E-state index < -0.39 is 120 Å². The molecule has 0 saturated carbocycles. The monoisotopic (exact) mass is 1270 g/mol. The SMILES string of the molecule is CC[C@H](C)[C@@H]([C@@H](CC(=O)N1CCC[C@H]1[C@H](OC)[C@@H](C)C(=O)N[C@H](C)[C@@H](O)c1ccccc1)OC)N(C)C(=O)[C@@H](NC(=O)[C@H](C(C)C)N(C)C(=O)CNC(=O)C(CCCNC(N)=O)CC(=O)[C@@H](NC(=O)CCN(CC)CCCN1C(=O)C=CC1=O)C(C)C)C(C)C. The summed E-state index contributed by atoms with van der Waals surface area (Å²) in [7, 11) is 6.04. The average molecular weight is 1270 g/mol. The van der Waals surface area contributed by atoms with Gasteiger partial charge in [-0.05, 0) is 81.4 Å². The fourth-order valence-corrected chi connectivity index (χ4v) is 12.1. The minimum Gasteiger partial charge on any atom is -0.386 e. The van der Waals surface area contributed by atoms with Gasteiger partial charge in [-0.2, -0.15) is 0 Å². The lowest BCUT2D eigenvalue weighted by molar-refractivity contribution is -0.148. The van der Waals surface area contributed by atoms with Crippen molar-refractivity contribution in [3.63, 3.8) is 0 Å². The summed E-state index contributed by atoms with van der Waals surface area (Å²) in [4.78, 5) is 156. The first-order valence-corrected chi connectivity index (χ1v) is 32.1. The number of methoxy groups -OCH3 is 2. The van der Waals surface area contributed by atoms with Crippen molar-refractivity contribution in [1.82, 2.24) is 51.1 Å². The van der Waals surface area contributed by atoms with Crippen molar-refractivity contribution in [2.75, 3.05) is 74.1 Å². The predicted molar refractivity (Wildman–Crippen MR) is 340 cm³/mol. The van der Waals surface area contributed by atoms with Gasteiger partial charge in [0.1, 0.15) is 12.1 Å². The Bertz CT molecular complexity index is 2570. The van der Waals surface area contributed by atoms with E-state index in [1.807, 2.05) is 43.9 Å². The van der Waals surface area contributed by atoms with Gasteiger partial charge >= 0.3 is 6.03 Å². The predicted octanol–water partition coefficient (Wildman–Crippen LogP) is 3.08. The van der Waals surface area contributed by atoms with Gasteiger partial charge in [0.25, 0.3) is 11.8 Å². The Morgan fingerprint density at radius 1 is 0.744 bits per heavy atom. The second-order valence-electron chi connectivity index (χ2n) is 25.2. The topological polar surface area (TPSA) is 329 Å². The summed E-state index contributed by atoms with van der Waals surface area (Å²) in [6.45, 7) is 21.6. The van der Waals surface area contributed by atoms with Gasteiger partial charge in [0.15, 0.2) is 5.78 Å². The van der Waals surface area contributed by atoms with E-state index >= 15 is 0 Å². The maximum Gasteiger partial charge on any atom is 0.312 e. The summed E-state index contributed by atoms with van der Waals surface area (Å²) in [5.41, 5.74) is 5.94. The standard InChI is InChI=1S/C65H107N11O14/c1-16-42(9)58(49(89-14)37-53(81)75-33-22-27-47(75)60(90-15)43(10)61(84)69-44(11)59(83)45-24-19-18-20-25-45)73(13)64(87)56(40(5)6)71-63(86)57(41(7)8)72(12)54(82)38-68-62(85)46(26-21-31-67-65(66)88)36-48(77)55(39(3)4)70-50(78)30-35-74(17-2)32-23-34-76-51(79)28-29-52(76)80/h18-20,24-25,28-29,39-44,46-47,49,55-60,83H,16-17,21-23,26-27,30-38H2,1-15H3,(H,68,85)(H,69,84)(H,70,78)(H,71,86)(H3,66,67,88)/t42-,43+,44+,46?,47-,49+,55-,56-,57-,58-,59+,60+/m0/s1. The van der Waals surface area contributed by atoms with Crippen LogP contribution in [0.5, 0.6) is 0 Å². The van der Waals surface area contributed by atoms with Crippen LogP contribution in [0, 0.1) is 35.5 Å². The number of carbonyl (C=O) groups excluding carboxylic acids is 11. The zero-order valence-electron chi connectivity index (χ0n) is 56.1. The first kappa shape index (κ1) is 77.4. The van der Waals surface area contributed by atoms with E-state index in [1.165, 1.54) is 43.2 Å². The number of hydrogen-bond acceptors (Lipinski definition) is 15. The molecule has 2 aliphatic rings. The molecule has 506 valence electrons. The lowest BCUT2D eigenvalue weighted by Gasteiger charge is -2.41. The fraction of sp³-hybridized carbons (Fsp3) is 0.708. The maximum atomic E-state index is 14.9. The number of nitrogens with two attached hydrogens (primary N) is 1. The molecule has 8 N–H and O–H groups in total. The number of carbonyl (C=O) groups is 11. The second-order valence-corrected chi connectivity index (χ2v) is 25.2. The van der Waals surface area contributed by atoms with E-state index in [0.29, 0.717) is 57.4 Å². The molecule has 12 atom stereocenters. The second kappa shape index (κ2) is 38.1. The number of primary amides is 1. The molecule has 1 aromatic rings. The third-order valence-corrected chi connectivity index (χ3v) is 17.6. The van der Waals surface area contributed by atoms with Gasteiger partial charge in [-0.15, -0.1) is 0 Å². The van der Waals surface area contributed by atoms with Gasteiger partial charge < -0.3 is 66.5 Å². The Hall–Kier alpha value is -6.83. The first-order valence-electron chi connectivity index (χ1n) is 32.1. The lowest BCUT2D eigenvalue weighted by Crippen LogP contribution is -2.60. The normalized spacial score (nSPS) is 17.8. The number of hydrogen-bond donors (Lipinski definition) is 7. The molecule has 1 fully saturated rings. The summed E-state index contributed by atoms with van der Waals surface area (Å²) in [6, 6.07) is 3.39. The molecule has 0 aromatic heterocycles. The van der Waals surface area contributed by atoms with Crippen molar-refractivity contribution in [2.24, 2.45) is 41.2 Å². The van der Waals surface area contributed by atoms with Crippen molar-refractivity contribution in [1.29, 1.82) is 0 Å². The van der Waals surface area contributed by atoms with E-state index in [2.05, 4.69) is 26.6 Å². The molecule has 2 heterocycles. The first-order chi connectivity index (χ1) is 42.4. The highest BCUT2D eigenvalue weighted by molar-refractivity contribution is 6.12. The number of Topliss-reactive ketones (excluding diaryl/α,β-unsaturated/α-hetero) is 1. The quantitative estimate of drug-likeness (QED) is 0.0367. The van der Waals surface area contributed by atoms with Crippen molar-refractivity contribution in [3.05, 3.63) is 48.0 Å². The largest absolute Gasteiger partial charge is 0.386 e. The fourth-order valence-electron chi connectivity index (χ4n) is 12.1. The number of likely N-dealkylation sites (tertiary alicyclic amines) is 1. The number of rotatable bonds is 40. The molecule has 11 amide bonds. The van der Waals surface area contributed by atoms with Gasteiger partial charge in [0.2, 0.25) is 41.4 Å². The van der Waals surface area contributed by atoms with Crippen LogP contribution in [-0.2, 0) is 57.4 Å². The van der Waals surface area contributed by atoms with Crippen LogP contribution >= 0.6 is 0 Å². The number of imide groups is 1. The number of ether oxygens (including phenoxy) is 2. The minimum atomic E-state index is -1.12. The van der Waals surface area contributed by atoms with Crippen LogP contribution in [0.3, 0.4) is 0 Å². The van der Waals surface area contributed by atoms with Crippen molar-refractivity contribution in [2.45, 2.75) is 189 Å². The molecule has 25 nitrogen and oxygen atoms in total. The molecule has 1 saturated heterocycles.